The zero-order valence-electron chi connectivity index (χ0n) is 10.9. The molecule has 2 rings (SSSR count). The third-order valence-corrected chi connectivity index (χ3v) is 3.97. The van der Waals surface area contributed by atoms with Gasteiger partial charge in [0, 0.05) is 12.1 Å². The number of hydrogen-bond acceptors (Lipinski definition) is 1. The van der Waals surface area contributed by atoms with Crippen LogP contribution in [0.1, 0.15) is 33.1 Å². The van der Waals surface area contributed by atoms with E-state index in [1.807, 2.05) is 13.8 Å². The van der Waals surface area contributed by atoms with Crippen LogP contribution in [0.4, 0.5) is 23.2 Å². The van der Waals surface area contributed by atoms with Crippen molar-refractivity contribution < 1.29 is 17.6 Å². The van der Waals surface area contributed by atoms with Crippen LogP contribution in [0.15, 0.2) is 6.07 Å². The summed E-state index contributed by atoms with van der Waals surface area (Å²) >= 11 is 0. The molecule has 1 aliphatic carbocycles. The summed E-state index contributed by atoms with van der Waals surface area (Å²) in [5.41, 5.74) is -0.692. The van der Waals surface area contributed by atoms with Gasteiger partial charge < -0.3 is 5.32 Å². The molecule has 1 aromatic carbocycles. The normalized spacial score (nSPS) is 27.4. The van der Waals surface area contributed by atoms with Gasteiger partial charge in [0.2, 0.25) is 0 Å². The monoisotopic (exact) mass is 275 g/mol. The highest BCUT2D eigenvalue weighted by Gasteiger charge is 2.30. The Kier molecular flexibility index (Phi) is 4.02. The molecular weight excluding hydrogens is 258 g/mol. The van der Waals surface area contributed by atoms with Gasteiger partial charge in [-0.3, -0.25) is 0 Å². The Morgan fingerprint density at radius 2 is 1.42 bits per heavy atom. The van der Waals surface area contributed by atoms with Gasteiger partial charge in [0.05, 0.1) is 0 Å². The van der Waals surface area contributed by atoms with E-state index in [2.05, 4.69) is 5.32 Å². The van der Waals surface area contributed by atoms with Gasteiger partial charge in [0.25, 0.3) is 0 Å². The van der Waals surface area contributed by atoms with Crippen molar-refractivity contribution in [1.29, 1.82) is 0 Å². The molecule has 2 atom stereocenters. The minimum absolute atomic E-state index is 0.182. The molecule has 0 spiro atoms. The number of rotatable bonds is 2. The first-order valence-corrected chi connectivity index (χ1v) is 6.51. The predicted molar refractivity (Wildman–Crippen MR) is 65.9 cm³/mol. The number of anilines is 1. The molecule has 0 radical (unpaired) electrons. The minimum atomic E-state index is -1.38. The Bertz CT molecular complexity index is 439. The SMILES string of the molecule is CC1CCCC(C)C1Nc1c(F)c(F)cc(F)c1F. The van der Waals surface area contributed by atoms with E-state index in [9.17, 15) is 17.6 Å². The van der Waals surface area contributed by atoms with Crippen LogP contribution in [0.25, 0.3) is 0 Å². The lowest BCUT2D eigenvalue weighted by Crippen LogP contribution is -2.37. The first-order chi connectivity index (χ1) is 8.91. The number of benzene rings is 1. The second-order valence-corrected chi connectivity index (χ2v) is 5.40. The maximum absolute atomic E-state index is 13.6. The number of hydrogen-bond donors (Lipinski definition) is 1. The molecule has 1 aliphatic rings. The van der Waals surface area contributed by atoms with Crippen LogP contribution >= 0.6 is 0 Å². The van der Waals surface area contributed by atoms with E-state index in [-0.39, 0.29) is 23.9 Å². The van der Waals surface area contributed by atoms with Crippen molar-refractivity contribution in [2.75, 3.05) is 5.32 Å². The Balaban J connectivity index is 2.32. The van der Waals surface area contributed by atoms with Gasteiger partial charge >= 0.3 is 0 Å². The van der Waals surface area contributed by atoms with Gasteiger partial charge in [-0.05, 0) is 24.7 Å². The molecule has 5 heteroatoms. The van der Waals surface area contributed by atoms with Crippen molar-refractivity contribution in [3.05, 3.63) is 29.3 Å². The van der Waals surface area contributed by atoms with Crippen LogP contribution in [-0.4, -0.2) is 6.04 Å². The van der Waals surface area contributed by atoms with Gasteiger partial charge in [0.15, 0.2) is 23.3 Å². The quantitative estimate of drug-likeness (QED) is 0.620. The molecule has 1 nitrogen and oxygen atoms in total. The van der Waals surface area contributed by atoms with Gasteiger partial charge in [0.1, 0.15) is 5.69 Å². The first kappa shape index (κ1) is 14.2. The largest absolute Gasteiger partial charge is 0.377 e. The molecule has 2 unspecified atom stereocenters. The zero-order valence-corrected chi connectivity index (χ0v) is 10.9. The first-order valence-electron chi connectivity index (χ1n) is 6.51. The van der Waals surface area contributed by atoms with Crippen LogP contribution in [0, 0.1) is 35.1 Å². The fourth-order valence-corrected chi connectivity index (χ4v) is 2.83. The van der Waals surface area contributed by atoms with Crippen molar-refractivity contribution in [3.8, 4) is 0 Å². The summed E-state index contributed by atoms with van der Waals surface area (Å²) in [6, 6.07) is 0.0442. The smallest absolute Gasteiger partial charge is 0.185 e. The average Bonchev–Trinajstić information content (AvgIpc) is 2.35. The van der Waals surface area contributed by atoms with Crippen LogP contribution < -0.4 is 5.32 Å². The second kappa shape index (κ2) is 5.39. The second-order valence-electron chi connectivity index (χ2n) is 5.40. The van der Waals surface area contributed by atoms with Crippen molar-refractivity contribution in [1.82, 2.24) is 0 Å². The molecule has 19 heavy (non-hydrogen) atoms. The summed E-state index contributed by atoms with van der Waals surface area (Å²) in [5.74, 6) is -5.06. The van der Waals surface area contributed by atoms with E-state index in [0.29, 0.717) is 0 Å². The molecule has 1 N–H and O–H groups in total. The van der Waals surface area contributed by atoms with E-state index in [1.165, 1.54) is 0 Å². The third kappa shape index (κ3) is 2.69. The van der Waals surface area contributed by atoms with Crippen LogP contribution in [0.3, 0.4) is 0 Å². The van der Waals surface area contributed by atoms with Gasteiger partial charge in [-0.2, -0.15) is 0 Å². The lowest BCUT2D eigenvalue weighted by molar-refractivity contribution is 0.266. The van der Waals surface area contributed by atoms with Crippen molar-refractivity contribution in [2.24, 2.45) is 11.8 Å². The fraction of sp³-hybridized carbons (Fsp3) is 0.571. The van der Waals surface area contributed by atoms with Crippen LogP contribution in [0.5, 0.6) is 0 Å². The summed E-state index contributed by atoms with van der Waals surface area (Å²) in [4.78, 5) is 0. The average molecular weight is 275 g/mol. The standard InChI is InChI=1S/C14H17F4N/c1-7-4-3-5-8(2)13(7)19-14-11(17)9(15)6-10(16)12(14)18/h6-8,13,19H,3-5H2,1-2H3. The number of halogens is 4. The minimum Gasteiger partial charge on any atom is -0.377 e. The highest BCUT2D eigenvalue weighted by Crippen LogP contribution is 2.33. The molecule has 0 bridgehead atoms. The third-order valence-electron chi connectivity index (χ3n) is 3.97. The van der Waals surface area contributed by atoms with E-state index in [4.69, 9.17) is 0 Å². The van der Waals surface area contributed by atoms with Crippen molar-refractivity contribution in [2.45, 2.75) is 39.2 Å². The van der Waals surface area contributed by atoms with Crippen LogP contribution in [-0.2, 0) is 0 Å². The van der Waals surface area contributed by atoms with E-state index < -0.39 is 29.0 Å². The molecule has 106 valence electrons. The highest BCUT2D eigenvalue weighted by molar-refractivity contribution is 5.48. The van der Waals surface area contributed by atoms with Crippen molar-refractivity contribution >= 4 is 5.69 Å². The Morgan fingerprint density at radius 3 is 1.89 bits per heavy atom. The summed E-state index contributed by atoms with van der Waals surface area (Å²) < 4.78 is 53.5. The molecule has 0 aliphatic heterocycles. The summed E-state index contributed by atoms with van der Waals surface area (Å²) in [6.45, 7) is 3.94. The van der Waals surface area contributed by atoms with Gasteiger partial charge in [-0.25, -0.2) is 17.6 Å². The lowest BCUT2D eigenvalue weighted by atomic mass is 9.78. The van der Waals surface area contributed by atoms with E-state index in [1.54, 1.807) is 0 Å². The van der Waals surface area contributed by atoms with Gasteiger partial charge in [-0.1, -0.05) is 20.3 Å². The molecule has 0 amide bonds. The molecule has 1 aromatic rings. The molecule has 0 aromatic heterocycles. The fourth-order valence-electron chi connectivity index (χ4n) is 2.83. The Hall–Kier alpha value is -1.26. The summed E-state index contributed by atoms with van der Waals surface area (Å²) in [7, 11) is 0. The Morgan fingerprint density at radius 1 is 0.947 bits per heavy atom. The Labute approximate surface area is 110 Å². The predicted octanol–water partition coefficient (Wildman–Crippen LogP) is 4.48. The topological polar surface area (TPSA) is 12.0 Å². The molecule has 0 heterocycles. The van der Waals surface area contributed by atoms with E-state index >= 15 is 0 Å². The molecule has 1 saturated carbocycles. The van der Waals surface area contributed by atoms with Crippen molar-refractivity contribution in [3.63, 3.8) is 0 Å². The maximum atomic E-state index is 13.6. The molecular formula is C14H17F4N. The van der Waals surface area contributed by atoms with Gasteiger partial charge in [-0.15, -0.1) is 0 Å². The van der Waals surface area contributed by atoms with Crippen LogP contribution in [0.2, 0.25) is 0 Å². The molecule has 1 fully saturated rings. The lowest BCUT2D eigenvalue weighted by Gasteiger charge is -2.36. The highest BCUT2D eigenvalue weighted by atomic mass is 19.2. The van der Waals surface area contributed by atoms with E-state index in [0.717, 1.165) is 19.3 Å². The summed E-state index contributed by atoms with van der Waals surface area (Å²) in [6.07, 6.45) is 2.93. The zero-order chi connectivity index (χ0) is 14.2. The molecule has 0 saturated heterocycles. The summed E-state index contributed by atoms with van der Waals surface area (Å²) in [5, 5.41) is 2.67. The number of nitrogens with one attached hydrogen (secondary N) is 1. The maximum Gasteiger partial charge on any atom is 0.185 e.